The Morgan fingerprint density at radius 3 is 0.645 bits per heavy atom. The SMILES string of the molecule is Cc1coc(C(C)C)c1C.Cc1coc(C)c1C.Cc1coc(C)c1C.Cc1coc(C)c1C.Cc1occ(C(C)C)c1C.Cc1occ(C(C)C)c1C.Cc1occ(F)c1C. The molecule has 0 fully saturated rings. The monoisotopic (exact) mass is 859 g/mol. The van der Waals surface area contributed by atoms with Gasteiger partial charge in [0.15, 0.2) is 5.82 Å². The van der Waals surface area contributed by atoms with Crippen molar-refractivity contribution in [2.24, 2.45) is 0 Å². The molecule has 0 bridgehead atoms. The lowest BCUT2D eigenvalue weighted by Gasteiger charge is -2.00. The van der Waals surface area contributed by atoms with Gasteiger partial charge in [-0.15, -0.1) is 0 Å². The van der Waals surface area contributed by atoms with Gasteiger partial charge in [-0.05, 0) is 196 Å². The molecule has 7 aromatic rings. The second kappa shape index (κ2) is 25.7. The highest BCUT2D eigenvalue weighted by Gasteiger charge is 2.10. The van der Waals surface area contributed by atoms with Crippen LogP contribution >= 0.6 is 0 Å². The van der Waals surface area contributed by atoms with Crippen molar-refractivity contribution in [3.05, 3.63) is 162 Å². The van der Waals surface area contributed by atoms with Crippen LogP contribution in [0.15, 0.2) is 74.8 Å². The molecule has 0 unspecified atom stereocenters. The molecule has 0 aromatic carbocycles. The number of rotatable bonds is 3. The molecule has 7 aromatic heterocycles. The van der Waals surface area contributed by atoms with E-state index in [0.29, 0.717) is 29.1 Å². The van der Waals surface area contributed by atoms with Gasteiger partial charge in [-0.3, -0.25) is 0 Å². The first kappa shape index (κ1) is 54.9. The van der Waals surface area contributed by atoms with E-state index in [1.165, 1.54) is 66.8 Å². The summed E-state index contributed by atoms with van der Waals surface area (Å²) in [7, 11) is 0. The standard InChI is InChI=1S/3C9H14O.3C7H10O.C6H7FO/c2*1-6(2)9-5-10-8(4)7(9)3;1-6(2)9-8(4)7(3)5-10-9;3*1-5-4-8-7(3)6(5)2;1-4-5(2)8-3-6(4)7/h3*5-6H,1-4H3;3*4H,1-3H3;3H,1-2H3. The van der Waals surface area contributed by atoms with Crippen LogP contribution in [0.4, 0.5) is 4.39 Å². The summed E-state index contributed by atoms with van der Waals surface area (Å²) in [6.07, 6.45) is 12.0. The quantitative estimate of drug-likeness (QED) is 0.175. The molecule has 0 N–H and O–H groups in total. The highest BCUT2D eigenvalue weighted by Crippen LogP contribution is 2.25. The van der Waals surface area contributed by atoms with Gasteiger partial charge in [-0.25, -0.2) is 4.39 Å². The van der Waals surface area contributed by atoms with Crippen LogP contribution in [0.1, 0.15) is 172 Å². The maximum atomic E-state index is 12.2. The van der Waals surface area contributed by atoms with Crippen molar-refractivity contribution in [2.45, 2.75) is 177 Å². The van der Waals surface area contributed by atoms with E-state index >= 15 is 0 Å². The highest BCUT2D eigenvalue weighted by molar-refractivity contribution is 5.29. The molecule has 0 aliphatic carbocycles. The summed E-state index contributed by atoms with van der Waals surface area (Å²) >= 11 is 0. The molecular formula is C54H79FO7. The van der Waals surface area contributed by atoms with E-state index in [1.807, 2.05) is 74.2 Å². The Morgan fingerprint density at radius 1 is 0.290 bits per heavy atom. The normalized spacial score (nSPS) is 10.4. The molecule has 7 nitrogen and oxygen atoms in total. The predicted molar refractivity (Wildman–Crippen MR) is 254 cm³/mol. The van der Waals surface area contributed by atoms with Crippen molar-refractivity contribution in [1.29, 1.82) is 0 Å². The molecule has 8 heteroatoms. The van der Waals surface area contributed by atoms with Crippen LogP contribution < -0.4 is 0 Å². The number of aryl methyl sites for hydroxylation is 10. The fraction of sp³-hybridized carbons (Fsp3) is 0.481. The van der Waals surface area contributed by atoms with Crippen molar-refractivity contribution >= 4 is 0 Å². The number of halogens is 1. The lowest BCUT2D eigenvalue weighted by atomic mass is 10.0. The summed E-state index contributed by atoms with van der Waals surface area (Å²) in [5.41, 5.74) is 15.9. The zero-order valence-corrected chi connectivity index (χ0v) is 42.5. The van der Waals surface area contributed by atoms with E-state index in [-0.39, 0.29) is 5.82 Å². The smallest absolute Gasteiger partial charge is 0.164 e. The van der Waals surface area contributed by atoms with Crippen molar-refractivity contribution < 1.29 is 35.3 Å². The Hall–Kier alpha value is -5.11. The molecule has 0 atom stereocenters. The van der Waals surface area contributed by atoms with Gasteiger partial charge in [0.2, 0.25) is 0 Å². The van der Waals surface area contributed by atoms with Crippen LogP contribution in [0.25, 0.3) is 0 Å². The minimum Gasteiger partial charge on any atom is -0.469 e. The summed E-state index contributed by atoms with van der Waals surface area (Å²) in [4.78, 5) is 0. The zero-order chi connectivity index (χ0) is 47.8. The summed E-state index contributed by atoms with van der Waals surface area (Å²) in [6, 6.07) is 0. The first-order valence-electron chi connectivity index (χ1n) is 21.6. The summed E-state index contributed by atoms with van der Waals surface area (Å²) in [6.45, 7) is 47.1. The Bertz CT molecular complexity index is 1960. The minimum absolute atomic E-state index is 0.262. The van der Waals surface area contributed by atoms with Crippen LogP contribution in [-0.2, 0) is 0 Å². The van der Waals surface area contributed by atoms with E-state index in [2.05, 4.69) is 90.0 Å². The Labute approximate surface area is 373 Å². The fourth-order valence-electron chi connectivity index (χ4n) is 5.67. The number of hydrogen-bond acceptors (Lipinski definition) is 7. The average Bonchev–Trinajstić information content (AvgIpc) is 4.09. The van der Waals surface area contributed by atoms with Crippen LogP contribution in [0, 0.1) is 124 Å². The molecule has 0 spiro atoms. The summed E-state index contributed by atoms with van der Waals surface area (Å²) < 4.78 is 48.1. The molecule has 0 amide bonds. The number of hydrogen-bond donors (Lipinski definition) is 0. The first-order chi connectivity index (χ1) is 28.7. The Kier molecular flexibility index (Phi) is 22.8. The molecule has 62 heavy (non-hydrogen) atoms. The molecule has 344 valence electrons. The van der Waals surface area contributed by atoms with Gasteiger partial charge < -0.3 is 30.9 Å². The first-order valence-corrected chi connectivity index (χ1v) is 21.6. The Balaban J connectivity index is 0.000000363. The lowest BCUT2D eigenvalue weighted by Crippen LogP contribution is -1.86. The van der Waals surface area contributed by atoms with Gasteiger partial charge in [-0.2, -0.15) is 0 Å². The number of furan rings is 7. The van der Waals surface area contributed by atoms with Crippen molar-refractivity contribution in [3.8, 4) is 0 Å². The van der Waals surface area contributed by atoms with Crippen LogP contribution in [0.5, 0.6) is 0 Å². The molecule has 7 heterocycles. The van der Waals surface area contributed by atoms with Crippen LogP contribution in [0.3, 0.4) is 0 Å². The third kappa shape index (κ3) is 16.6. The van der Waals surface area contributed by atoms with Gasteiger partial charge in [0.1, 0.15) is 46.6 Å². The van der Waals surface area contributed by atoms with Crippen LogP contribution in [0.2, 0.25) is 0 Å². The van der Waals surface area contributed by atoms with Crippen LogP contribution in [-0.4, -0.2) is 0 Å². The van der Waals surface area contributed by atoms with Crippen molar-refractivity contribution in [1.82, 2.24) is 0 Å². The van der Waals surface area contributed by atoms with Gasteiger partial charge in [0, 0.05) is 11.5 Å². The molecule has 0 saturated heterocycles. The Morgan fingerprint density at radius 2 is 0.548 bits per heavy atom. The van der Waals surface area contributed by atoms with E-state index in [9.17, 15) is 4.39 Å². The third-order valence-corrected chi connectivity index (χ3v) is 11.6. The van der Waals surface area contributed by atoms with Gasteiger partial charge >= 0.3 is 0 Å². The van der Waals surface area contributed by atoms with Crippen molar-refractivity contribution in [3.63, 3.8) is 0 Å². The highest BCUT2D eigenvalue weighted by atomic mass is 19.1. The van der Waals surface area contributed by atoms with Gasteiger partial charge in [0.25, 0.3) is 0 Å². The van der Waals surface area contributed by atoms with Gasteiger partial charge in [-0.1, -0.05) is 41.5 Å². The molecule has 0 radical (unpaired) electrons. The van der Waals surface area contributed by atoms with E-state index in [1.54, 1.807) is 32.6 Å². The topological polar surface area (TPSA) is 92.0 Å². The zero-order valence-electron chi connectivity index (χ0n) is 42.5. The summed E-state index contributed by atoms with van der Waals surface area (Å²) in [5, 5.41) is 0. The molecule has 0 aliphatic rings. The van der Waals surface area contributed by atoms with E-state index in [4.69, 9.17) is 30.9 Å². The third-order valence-electron chi connectivity index (χ3n) is 11.6. The van der Waals surface area contributed by atoms with E-state index in [0.717, 1.165) is 40.8 Å². The molecule has 7 rings (SSSR count). The largest absolute Gasteiger partial charge is 0.469 e. The van der Waals surface area contributed by atoms with E-state index < -0.39 is 0 Å². The predicted octanol–water partition coefficient (Wildman–Crippen LogP) is 17.7. The van der Waals surface area contributed by atoms with Gasteiger partial charge in [0.05, 0.1) is 37.6 Å². The second-order valence-corrected chi connectivity index (χ2v) is 17.2. The molecular weight excluding hydrogens is 780 g/mol. The second-order valence-electron chi connectivity index (χ2n) is 17.2. The maximum Gasteiger partial charge on any atom is 0.164 e. The summed E-state index contributed by atoms with van der Waals surface area (Å²) in [5.74, 6) is 8.37. The minimum atomic E-state index is -0.262. The van der Waals surface area contributed by atoms with Crippen molar-refractivity contribution in [2.75, 3.05) is 0 Å². The maximum absolute atomic E-state index is 12.2. The average molecular weight is 859 g/mol. The lowest BCUT2D eigenvalue weighted by molar-refractivity contribution is 0.483. The fourth-order valence-corrected chi connectivity index (χ4v) is 5.67. The molecule has 0 aliphatic heterocycles. The molecule has 0 saturated carbocycles.